The molecule has 1 saturated heterocycles. The SMILES string of the molecule is COc1ccccc1-n1cc(C(=O)N2CCC[C@H]2c2cccnc2)cn1. The van der Waals surface area contributed by atoms with E-state index in [0.717, 1.165) is 30.6 Å². The molecule has 1 aliphatic rings. The van der Waals surface area contributed by atoms with Crippen molar-refractivity contribution >= 4 is 5.91 Å². The largest absolute Gasteiger partial charge is 0.494 e. The molecule has 132 valence electrons. The van der Waals surface area contributed by atoms with Crippen molar-refractivity contribution in [2.24, 2.45) is 0 Å². The maximum absolute atomic E-state index is 13.1. The van der Waals surface area contributed by atoms with Gasteiger partial charge >= 0.3 is 0 Å². The highest BCUT2D eigenvalue weighted by molar-refractivity contribution is 5.94. The van der Waals surface area contributed by atoms with Crippen LogP contribution < -0.4 is 4.74 Å². The van der Waals surface area contributed by atoms with Crippen molar-refractivity contribution in [3.63, 3.8) is 0 Å². The number of carbonyl (C=O) groups excluding carboxylic acids is 1. The van der Waals surface area contributed by atoms with Crippen LogP contribution in [-0.4, -0.2) is 39.2 Å². The third-order valence-electron chi connectivity index (χ3n) is 4.74. The van der Waals surface area contributed by atoms with Crippen LogP contribution in [0.5, 0.6) is 5.75 Å². The van der Waals surface area contributed by atoms with Crippen LogP contribution in [0.2, 0.25) is 0 Å². The lowest BCUT2D eigenvalue weighted by Crippen LogP contribution is -2.30. The van der Waals surface area contributed by atoms with Gasteiger partial charge in [0.25, 0.3) is 5.91 Å². The van der Waals surface area contributed by atoms with Gasteiger partial charge in [0.05, 0.1) is 24.9 Å². The molecule has 26 heavy (non-hydrogen) atoms. The molecule has 2 aromatic heterocycles. The second-order valence-electron chi connectivity index (χ2n) is 6.29. The summed E-state index contributed by atoms with van der Waals surface area (Å²) in [5.74, 6) is 0.710. The van der Waals surface area contributed by atoms with Crippen molar-refractivity contribution in [3.8, 4) is 11.4 Å². The highest BCUT2D eigenvalue weighted by Crippen LogP contribution is 2.32. The lowest BCUT2D eigenvalue weighted by Gasteiger charge is -2.24. The molecule has 3 heterocycles. The summed E-state index contributed by atoms with van der Waals surface area (Å²) >= 11 is 0. The van der Waals surface area contributed by atoms with E-state index in [1.165, 1.54) is 0 Å². The highest BCUT2D eigenvalue weighted by Gasteiger charge is 2.31. The molecule has 0 bridgehead atoms. The molecule has 0 unspecified atom stereocenters. The van der Waals surface area contributed by atoms with Crippen LogP contribution in [-0.2, 0) is 0 Å². The standard InChI is InChI=1S/C20H20N4O2/c1-26-19-9-3-2-7-18(19)24-14-16(13-22-24)20(25)23-11-5-8-17(23)15-6-4-10-21-12-15/h2-4,6-7,9-10,12-14,17H,5,8,11H2,1H3/t17-/m0/s1. The fourth-order valence-electron chi connectivity index (χ4n) is 3.48. The number of pyridine rings is 1. The summed E-state index contributed by atoms with van der Waals surface area (Å²) in [5.41, 5.74) is 2.46. The number of aromatic nitrogens is 3. The maximum Gasteiger partial charge on any atom is 0.257 e. The second-order valence-corrected chi connectivity index (χ2v) is 6.29. The van der Waals surface area contributed by atoms with Gasteiger partial charge in [-0.1, -0.05) is 18.2 Å². The topological polar surface area (TPSA) is 60.2 Å². The lowest BCUT2D eigenvalue weighted by atomic mass is 10.1. The zero-order valence-corrected chi connectivity index (χ0v) is 14.6. The molecule has 4 rings (SSSR count). The zero-order valence-electron chi connectivity index (χ0n) is 14.6. The Morgan fingerprint density at radius 1 is 1.19 bits per heavy atom. The smallest absolute Gasteiger partial charge is 0.257 e. The second kappa shape index (κ2) is 7.00. The first-order valence-electron chi connectivity index (χ1n) is 8.67. The molecular weight excluding hydrogens is 328 g/mol. The lowest BCUT2D eigenvalue weighted by molar-refractivity contribution is 0.0735. The molecule has 1 atom stereocenters. The zero-order chi connectivity index (χ0) is 17.9. The van der Waals surface area contributed by atoms with Gasteiger partial charge in [0.15, 0.2) is 0 Å². The summed E-state index contributed by atoms with van der Waals surface area (Å²) in [6.07, 6.45) is 8.92. The molecule has 6 nitrogen and oxygen atoms in total. The molecule has 1 aliphatic heterocycles. The number of hydrogen-bond acceptors (Lipinski definition) is 4. The minimum atomic E-state index is -0.00231. The molecule has 0 spiro atoms. The first-order chi connectivity index (χ1) is 12.8. The summed E-state index contributed by atoms with van der Waals surface area (Å²) in [6.45, 7) is 0.748. The van der Waals surface area contributed by atoms with Crippen molar-refractivity contribution < 1.29 is 9.53 Å². The molecule has 0 radical (unpaired) electrons. The molecule has 3 aromatic rings. The number of likely N-dealkylation sites (tertiary alicyclic amines) is 1. The number of amides is 1. The number of nitrogens with zero attached hydrogens (tertiary/aromatic N) is 4. The van der Waals surface area contributed by atoms with Gasteiger partial charge in [-0.25, -0.2) is 4.68 Å². The number of carbonyl (C=O) groups is 1. The average molecular weight is 348 g/mol. The third kappa shape index (κ3) is 2.94. The van der Waals surface area contributed by atoms with Gasteiger partial charge in [0.2, 0.25) is 0 Å². The number of para-hydroxylation sites is 2. The maximum atomic E-state index is 13.1. The van der Waals surface area contributed by atoms with Gasteiger partial charge in [0, 0.05) is 25.1 Å². The van der Waals surface area contributed by atoms with Crippen LogP contribution in [0.15, 0.2) is 61.2 Å². The predicted molar refractivity (Wildman–Crippen MR) is 97.4 cm³/mol. The van der Waals surface area contributed by atoms with E-state index >= 15 is 0 Å². The third-order valence-corrected chi connectivity index (χ3v) is 4.74. The number of benzene rings is 1. The van der Waals surface area contributed by atoms with Gasteiger partial charge < -0.3 is 9.64 Å². The molecule has 0 aliphatic carbocycles. The Labute approximate surface area is 152 Å². The Balaban J connectivity index is 1.60. The fraction of sp³-hybridized carbons (Fsp3) is 0.250. The molecule has 1 aromatic carbocycles. The predicted octanol–water partition coefficient (Wildman–Crippen LogP) is 3.25. The Morgan fingerprint density at radius 3 is 2.88 bits per heavy atom. The van der Waals surface area contributed by atoms with Crippen molar-refractivity contribution in [1.82, 2.24) is 19.7 Å². The first kappa shape index (κ1) is 16.3. The molecule has 6 heteroatoms. The number of methoxy groups -OCH3 is 1. The van der Waals surface area contributed by atoms with Gasteiger partial charge in [-0.3, -0.25) is 9.78 Å². The summed E-state index contributed by atoms with van der Waals surface area (Å²) in [4.78, 5) is 19.2. The minimum Gasteiger partial charge on any atom is -0.494 e. The van der Waals surface area contributed by atoms with Crippen molar-refractivity contribution in [1.29, 1.82) is 0 Å². The fourth-order valence-corrected chi connectivity index (χ4v) is 3.48. The van der Waals surface area contributed by atoms with Crippen LogP contribution in [0.3, 0.4) is 0 Å². The van der Waals surface area contributed by atoms with E-state index in [1.54, 1.807) is 30.4 Å². The van der Waals surface area contributed by atoms with Gasteiger partial charge in [-0.05, 0) is 36.6 Å². The monoisotopic (exact) mass is 348 g/mol. The molecule has 0 saturated carbocycles. The summed E-state index contributed by atoms with van der Waals surface area (Å²) in [6, 6.07) is 11.6. The van der Waals surface area contributed by atoms with Gasteiger partial charge in [0.1, 0.15) is 11.4 Å². The molecule has 1 amide bonds. The van der Waals surface area contributed by atoms with E-state index < -0.39 is 0 Å². The number of rotatable bonds is 4. The first-order valence-corrected chi connectivity index (χ1v) is 8.67. The Bertz CT molecular complexity index is 907. The van der Waals surface area contributed by atoms with Crippen LogP contribution >= 0.6 is 0 Å². The summed E-state index contributed by atoms with van der Waals surface area (Å²) in [5, 5.41) is 4.36. The van der Waals surface area contributed by atoms with E-state index in [0.29, 0.717) is 11.3 Å². The van der Waals surface area contributed by atoms with Crippen LogP contribution in [0, 0.1) is 0 Å². The van der Waals surface area contributed by atoms with Crippen LogP contribution in [0.4, 0.5) is 0 Å². The minimum absolute atomic E-state index is 0.00231. The summed E-state index contributed by atoms with van der Waals surface area (Å²) < 4.78 is 7.06. The Hall–Kier alpha value is -3.15. The number of hydrogen-bond donors (Lipinski definition) is 0. The van der Waals surface area contributed by atoms with E-state index in [2.05, 4.69) is 10.1 Å². The Kier molecular flexibility index (Phi) is 4.39. The summed E-state index contributed by atoms with van der Waals surface area (Å²) in [7, 11) is 1.62. The van der Waals surface area contributed by atoms with Crippen LogP contribution in [0.1, 0.15) is 34.8 Å². The molecule has 1 fully saturated rings. The van der Waals surface area contributed by atoms with Crippen LogP contribution in [0.25, 0.3) is 5.69 Å². The van der Waals surface area contributed by atoms with E-state index in [-0.39, 0.29) is 11.9 Å². The van der Waals surface area contributed by atoms with E-state index in [4.69, 9.17) is 4.74 Å². The van der Waals surface area contributed by atoms with Crippen molar-refractivity contribution in [3.05, 3.63) is 72.3 Å². The molecular formula is C20H20N4O2. The van der Waals surface area contributed by atoms with E-state index in [1.807, 2.05) is 47.5 Å². The quantitative estimate of drug-likeness (QED) is 0.726. The highest BCUT2D eigenvalue weighted by atomic mass is 16.5. The van der Waals surface area contributed by atoms with Gasteiger partial charge in [-0.2, -0.15) is 5.10 Å². The normalized spacial score (nSPS) is 16.7. The molecule has 0 N–H and O–H groups in total. The van der Waals surface area contributed by atoms with Crippen molar-refractivity contribution in [2.45, 2.75) is 18.9 Å². The van der Waals surface area contributed by atoms with Crippen molar-refractivity contribution in [2.75, 3.05) is 13.7 Å². The number of ether oxygens (including phenoxy) is 1. The Morgan fingerprint density at radius 2 is 2.08 bits per heavy atom. The average Bonchev–Trinajstić information content (AvgIpc) is 3.38. The van der Waals surface area contributed by atoms with Gasteiger partial charge in [-0.15, -0.1) is 0 Å². The van der Waals surface area contributed by atoms with E-state index in [9.17, 15) is 4.79 Å².